The summed E-state index contributed by atoms with van der Waals surface area (Å²) in [5.74, 6) is -3.74. The number of aromatic nitrogens is 2. The summed E-state index contributed by atoms with van der Waals surface area (Å²) in [7, 11) is 0. The Morgan fingerprint density at radius 3 is 2.52 bits per heavy atom. The maximum absolute atomic E-state index is 13.9. The average molecular weight is 436 g/mol. The maximum atomic E-state index is 13.9. The SMILES string of the molecule is CC(F)SC(=N)C(C)(C)CNC(=O)c1cc(F)cc(-c2noc(C(F)(F)F)n2)c1. The second-order valence-corrected chi connectivity index (χ2v) is 8.00. The quantitative estimate of drug-likeness (QED) is 0.390. The van der Waals surface area contributed by atoms with Crippen LogP contribution in [0.3, 0.4) is 0 Å². The Morgan fingerprint density at radius 1 is 1.31 bits per heavy atom. The Kier molecular flexibility index (Phi) is 6.66. The Morgan fingerprint density at radius 2 is 1.97 bits per heavy atom. The van der Waals surface area contributed by atoms with E-state index in [1.807, 2.05) is 0 Å². The van der Waals surface area contributed by atoms with Crippen molar-refractivity contribution in [2.75, 3.05) is 6.54 Å². The van der Waals surface area contributed by atoms with E-state index < -0.39 is 40.5 Å². The van der Waals surface area contributed by atoms with Gasteiger partial charge in [0.2, 0.25) is 5.82 Å². The lowest BCUT2D eigenvalue weighted by Gasteiger charge is -2.25. The minimum Gasteiger partial charge on any atom is -0.351 e. The number of halogens is 5. The molecule has 0 aliphatic carbocycles. The van der Waals surface area contributed by atoms with Gasteiger partial charge in [0.15, 0.2) is 0 Å². The van der Waals surface area contributed by atoms with Crippen molar-refractivity contribution in [2.24, 2.45) is 5.41 Å². The molecular formula is C17H17F5N4O2S. The summed E-state index contributed by atoms with van der Waals surface area (Å²) in [5.41, 5.74) is -2.54. The molecule has 0 spiro atoms. The summed E-state index contributed by atoms with van der Waals surface area (Å²) < 4.78 is 68.8. The predicted molar refractivity (Wildman–Crippen MR) is 96.7 cm³/mol. The molecule has 1 aromatic heterocycles. The third kappa shape index (κ3) is 5.99. The lowest BCUT2D eigenvalue weighted by atomic mass is 9.95. The molecule has 1 unspecified atom stereocenters. The van der Waals surface area contributed by atoms with Gasteiger partial charge < -0.3 is 9.84 Å². The van der Waals surface area contributed by atoms with Crippen LogP contribution >= 0.6 is 11.8 Å². The molecule has 0 saturated carbocycles. The number of hydrogen-bond donors (Lipinski definition) is 2. The largest absolute Gasteiger partial charge is 0.471 e. The lowest BCUT2D eigenvalue weighted by molar-refractivity contribution is -0.159. The Bertz CT molecular complexity index is 911. The zero-order valence-corrected chi connectivity index (χ0v) is 16.3. The molecule has 1 heterocycles. The summed E-state index contributed by atoms with van der Waals surface area (Å²) in [6, 6.07) is 2.86. The van der Waals surface area contributed by atoms with Crippen LogP contribution in [0, 0.1) is 16.6 Å². The van der Waals surface area contributed by atoms with Crippen molar-refractivity contribution in [3.63, 3.8) is 0 Å². The fraction of sp³-hybridized carbons (Fsp3) is 0.412. The van der Waals surface area contributed by atoms with E-state index in [1.165, 1.54) is 6.92 Å². The number of thioether (sulfide) groups is 1. The molecule has 0 aliphatic rings. The van der Waals surface area contributed by atoms with Gasteiger partial charge in [-0.2, -0.15) is 18.2 Å². The molecule has 2 rings (SSSR count). The van der Waals surface area contributed by atoms with Gasteiger partial charge in [0.05, 0.1) is 5.04 Å². The molecule has 0 saturated heterocycles. The average Bonchev–Trinajstić information content (AvgIpc) is 3.09. The van der Waals surface area contributed by atoms with Crippen molar-refractivity contribution in [1.82, 2.24) is 15.5 Å². The van der Waals surface area contributed by atoms with Crippen molar-refractivity contribution in [1.29, 1.82) is 5.41 Å². The van der Waals surface area contributed by atoms with Crippen LogP contribution in [-0.4, -0.2) is 33.1 Å². The second kappa shape index (κ2) is 8.47. The molecule has 158 valence electrons. The zero-order valence-electron chi connectivity index (χ0n) is 15.5. The molecule has 0 bridgehead atoms. The minimum absolute atomic E-state index is 0.0132. The number of hydrogen-bond acceptors (Lipinski definition) is 6. The van der Waals surface area contributed by atoms with Crippen LogP contribution in [0.1, 0.15) is 37.0 Å². The summed E-state index contributed by atoms with van der Waals surface area (Å²) in [6.07, 6.45) is -4.86. The van der Waals surface area contributed by atoms with Crippen LogP contribution in [0.25, 0.3) is 11.4 Å². The number of amides is 1. The first-order valence-electron chi connectivity index (χ1n) is 8.19. The van der Waals surface area contributed by atoms with Gasteiger partial charge in [-0.3, -0.25) is 10.2 Å². The molecule has 1 amide bonds. The van der Waals surface area contributed by atoms with Crippen LogP contribution in [-0.2, 0) is 6.18 Å². The van der Waals surface area contributed by atoms with Crippen molar-refractivity contribution in [3.05, 3.63) is 35.5 Å². The van der Waals surface area contributed by atoms with Gasteiger partial charge in [-0.1, -0.05) is 30.8 Å². The molecule has 29 heavy (non-hydrogen) atoms. The molecular weight excluding hydrogens is 419 g/mol. The normalized spacial score (nSPS) is 13.2. The van der Waals surface area contributed by atoms with Crippen molar-refractivity contribution in [2.45, 2.75) is 32.5 Å². The summed E-state index contributed by atoms with van der Waals surface area (Å²) >= 11 is 0.702. The zero-order chi connectivity index (χ0) is 22.0. The number of rotatable bonds is 6. The highest BCUT2D eigenvalue weighted by Gasteiger charge is 2.38. The highest BCUT2D eigenvalue weighted by atomic mass is 32.2. The smallest absolute Gasteiger partial charge is 0.351 e. The molecule has 1 aromatic carbocycles. The van der Waals surface area contributed by atoms with Crippen LogP contribution in [0.5, 0.6) is 0 Å². The van der Waals surface area contributed by atoms with E-state index >= 15 is 0 Å². The lowest BCUT2D eigenvalue weighted by Crippen LogP contribution is -2.38. The Balaban J connectivity index is 2.18. The van der Waals surface area contributed by atoms with E-state index in [0.29, 0.717) is 11.8 Å². The number of benzene rings is 1. The van der Waals surface area contributed by atoms with Crippen molar-refractivity contribution in [3.8, 4) is 11.4 Å². The minimum atomic E-state index is -4.86. The predicted octanol–water partition coefficient (Wildman–Crippen LogP) is 4.68. The van der Waals surface area contributed by atoms with E-state index in [4.69, 9.17) is 5.41 Å². The number of carbonyl (C=O) groups excluding carboxylic acids is 1. The second-order valence-electron chi connectivity index (χ2n) is 6.71. The first-order chi connectivity index (χ1) is 13.3. The molecule has 0 fully saturated rings. The van der Waals surface area contributed by atoms with E-state index in [1.54, 1.807) is 13.8 Å². The molecule has 2 N–H and O–H groups in total. The molecule has 1 atom stereocenters. The van der Waals surface area contributed by atoms with Crippen LogP contribution < -0.4 is 5.32 Å². The standard InChI is InChI=1S/C17H17F5N4O2S/c1-8(18)29-14(23)16(2,3)7-24-13(27)10-4-9(5-11(19)6-10)12-25-15(28-26-12)17(20,21)22/h4-6,8,23H,7H2,1-3H3,(H,24,27). The first kappa shape index (κ1) is 22.8. The van der Waals surface area contributed by atoms with Crippen LogP contribution in [0.2, 0.25) is 0 Å². The van der Waals surface area contributed by atoms with Crippen molar-refractivity contribution < 1.29 is 31.3 Å². The first-order valence-corrected chi connectivity index (χ1v) is 9.07. The maximum Gasteiger partial charge on any atom is 0.471 e. The molecule has 0 aliphatic heterocycles. The van der Waals surface area contributed by atoms with E-state index in [2.05, 4.69) is 20.0 Å². The van der Waals surface area contributed by atoms with Gasteiger partial charge in [-0.15, -0.1) is 0 Å². The highest BCUT2D eigenvalue weighted by molar-refractivity contribution is 8.14. The van der Waals surface area contributed by atoms with Gasteiger partial charge in [0.25, 0.3) is 5.91 Å². The fourth-order valence-electron chi connectivity index (χ4n) is 2.11. The van der Waals surface area contributed by atoms with Crippen LogP contribution in [0.15, 0.2) is 22.7 Å². The third-order valence-corrected chi connectivity index (χ3v) is 4.79. The van der Waals surface area contributed by atoms with Gasteiger partial charge in [0, 0.05) is 23.1 Å². The van der Waals surface area contributed by atoms with E-state index in [-0.39, 0.29) is 22.7 Å². The number of carbonyl (C=O) groups is 1. The van der Waals surface area contributed by atoms with Crippen LogP contribution in [0.4, 0.5) is 22.0 Å². The van der Waals surface area contributed by atoms with Gasteiger partial charge in [0.1, 0.15) is 11.3 Å². The Hall–Kier alpha value is -2.50. The number of nitrogens with zero attached hydrogens (tertiary/aromatic N) is 2. The van der Waals surface area contributed by atoms with Gasteiger partial charge in [-0.25, -0.2) is 8.78 Å². The Labute approximate surface area is 166 Å². The summed E-state index contributed by atoms with van der Waals surface area (Å²) in [6.45, 7) is 4.49. The molecule has 2 aromatic rings. The summed E-state index contributed by atoms with van der Waals surface area (Å²) in [5, 5.41) is 13.6. The summed E-state index contributed by atoms with van der Waals surface area (Å²) in [4.78, 5) is 15.5. The van der Waals surface area contributed by atoms with E-state index in [9.17, 15) is 26.7 Å². The van der Waals surface area contributed by atoms with Crippen molar-refractivity contribution >= 4 is 22.7 Å². The number of alkyl halides is 4. The monoisotopic (exact) mass is 436 g/mol. The number of nitrogens with one attached hydrogen (secondary N) is 2. The van der Waals surface area contributed by atoms with Gasteiger partial charge in [-0.05, 0) is 25.1 Å². The molecule has 6 nitrogen and oxygen atoms in total. The van der Waals surface area contributed by atoms with E-state index in [0.717, 1.165) is 18.2 Å². The topological polar surface area (TPSA) is 91.9 Å². The van der Waals surface area contributed by atoms with Gasteiger partial charge >= 0.3 is 12.1 Å². The fourth-order valence-corrected chi connectivity index (χ4v) is 2.83. The molecule has 0 radical (unpaired) electrons. The third-order valence-electron chi connectivity index (χ3n) is 3.67. The highest BCUT2D eigenvalue weighted by Crippen LogP contribution is 2.30. The molecule has 12 heteroatoms.